The second-order valence-electron chi connectivity index (χ2n) is 5.13. The predicted molar refractivity (Wildman–Crippen MR) is 56.5 cm³/mol. The van der Waals surface area contributed by atoms with Gasteiger partial charge in [-0.05, 0) is 43.1 Å². The highest BCUT2D eigenvalue weighted by Crippen LogP contribution is 2.57. The molecule has 0 bridgehead atoms. The average molecular weight is 181 g/mol. The van der Waals surface area contributed by atoms with Crippen LogP contribution in [0.3, 0.4) is 0 Å². The zero-order chi connectivity index (χ0) is 9.31. The minimum Gasteiger partial charge on any atom is -0.330 e. The van der Waals surface area contributed by atoms with Crippen LogP contribution in [0.4, 0.5) is 0 Å². The van der Waals surface area contributed by atoms with Gasteiger partial charge in [0, 0.05) is 0 Å². The molecule has 0 spiro atoms. The second kappa shape index (κ2) is 3.61. The molecule has 1 nitrogen and oxygen atoms in total. The summed E-state index contributed by atoms with van der Waals surface area (Å²) in [7, 11) is 0. The van der Waals surface area contributed by atoms with Crippen molar-refractivity contribution in [3.63, 3.8) is 0 Å². The largest absolute Gasteiger partial charge is 0.330 e. The first kappa shape index (κ1) is 9.51. The summed E-state index contributed by atoms with van der Waals surface area (Å²) in [5.74, 6) is 2.04. The van der Waals surface area contributed by atoms with Gasteiger partial charge in [0.1, 0.15) is 0 Å². The lowest BCUT2D eigenvalue weighted by atomic mass is 9.51. The van der Waals surface area contributed by atoms with Gasteiger partial charge in [-0.15, -0.1) is 0 Å². The molecule has 2 fully saturated rings. The van der Waals surface area contributed by atoms with E-state index in [1.54, 1.807) is 0 Å². The molecular formula is C12H23N. The van der Waals surface area contributed by atoms with Crippen LogP contribution in [-0.4, -0.2) is 6.54 Å². The molecule has 0 unspecified atom stereocenters. The first-order valence-electron chi connectivity index (χ1n) is 6.02. The van der Waals surface area contributed by atoms with Crippen molar-refractivity contribution in [2.45, 2.75) is 51.9 Å². The number of nitrogens with two attached hydrogens (primary N) is 1. The molecule has 0 aromatic heterocycles. The van der Waals surface area contributed by atoms with Gasteiger partial charge in [-0.2, -0.15) is 0 Å². The first-order valence-corrected chi connectivity index (χ1v) is 6.02. The van der Waals surface area contributed by atoms with Crippen molar-refractivity contribution in [2.75, 3.05) is 6.54 Å². The molecule has 0 radical (unpaired) electrons. The first-order chi connectivity index (χ1) is 6.32. The van der Waals surface area contributed by atoms with Gasteiger partial charge in [0.15, 0.2) is 0 Å². The Bertz CT molecular complexity index is 172. The third-order valence-corrected chi connectivity index (χ3v) is 4.73. The minimum absolute atomic E-state index is 0.564. The highest BCUT2D eigenvalue weighted by molar-refractivity contribution is 5.01. The van der Waals surface area contributed by atoms with Gasteiger partial charge in [0.05, 0.1) is 0 Å². The molecule has 0 amide bonds. The van der Waals surface area contributed by atoms with Crippen LogP contribution in [0.5, 0.6) is 0 Å². The minimum atomic E-state index is 0.564. The standard InChI is InChI=1S/C12H23N/c1-2-12(9-13)8-10-6-4-3-5-7-11(10)12/h10-11H,2-9,13H2,1H3/t10-,11-,12+/m0/s1. The number of rotatable bonds is 2. The molecular weight excluding hydrogens is 158 g/mol. The van der Waals surface area contributed by atoms with Crippen LogP contribution in [0.15, 0.2) is 0 Å². The van der Waals surface area contributed by atoms with Gasteiger partial charge in [0.25, 0.3) is 0 Å². The Morgan fingerprint density at radius 1 is 1.23 bits per heavy atom. The highest BCUT2D eigenvalue weighted by Gasteiger charge is 2.50. The summed E-state index contributed by atoms with van der Waals surface area (Å²) in [5, 5.41) is 0. The maximum Gasteiger partial charge on any atom is -0.00178 e. The maximum atomic E-state index is 5.94. The summed E-state index contributed by atoms with van der Waals surface area (Å²) >= 11 is 0. The van der Waals surface area contributed by atoms with E-state index in [-0.39, 0.29) is 0 Å². The fourth-order valence-electron chi connectivity index (χ4n) is 3.73. The Hall–Kier alpha value is -0.0400. The van der Waals surface area contributed by atoms with Crippen molar-refractivity contribution in [3.8, 4) is 0 Å². The molecule has 2 aliphatic carbocycles. The molecule has 2 rings (SSSR count). The van der Waals surface area contributed by atoms with Crippen LogP contribution in [-0.2, 0) is 0 Å². The number of hydrogen-bond acceptors (Lipinski definition) is 1. The Kier molecular flexibility index (Phi) is 2.64. The molecule has 2 N–H and O–H groups in total. The highest BCUT2D eigenvalue weighted by atomic mass is 14.7. The van der Waals surface area contributed by atoms with E-state index in [1.165, 1.54) is 44.9 Å². The Morgan fingerprint density at radius 3 is 2.69 bits per heavy atom. The van der Waals surface area contributed by atoms with Crippen LogP contribution in [0.1, 0.15) is 51.9 Å². The van der Waals surface area contributed by atoms with E-state index in [0.29, 0.717) is 5.41 Å². The third kappa shape index (κ3) is 1.41. The summed E-state index contributed by atoms with van der Waals surface area (Å²) in [6.45, 7) is 3.26. The Labute approximate surface area is 82.1 Å². The Morgan fingerprint density at radius 2 is 2.00 bits per heavy atom. The van der Waals surface area contributed by atoms with E-state index in [2.05, 4.69) is 6.92 Å². The maximum absolute atomic E-state index is 5.94. The zero-order valence-corrected chi connectivity index (χ0v) is 8.89. The van der Waals surface area contributed by atoms with Gasteiger partial charge in [0.2, 0.25) is 0 Å². The third-order valence-electron chi connectivity index (χ3n) is 4.73. The zero-order valence-electron chi connectivity index (χ0n) is 8.89. The van der Waals surface area contributed by atoms with Crippen molar-refractivity contribution in [3.05, 3.63) is 0 Å². The lowest BCUT2D eigenvalue weighted by Gasteiger charge is -2.55. The molecule has 3 atom stereocenters. The van der Waals surface area contributed by atoms with Gasteiger partial charge in [-0.25, -0.2) is 0 Å². The summed E-state index contributed by atoms with van der Waals surface area (Å²) in [6.07, 6.45) is 10.1. The van der Waals surface area contributed by atoms with Gasteiger partial charge >= 0.3 is 0 Å². The van der Waals surface area contributed by atoms with Crippen molar-refractivity contribution in [2.24, 2.45) is 23.0 Å². The normalized spacial score (nSPS) is 44.8. The van der Waals surface area contributed by atoms with Gasteiger partial charge in [-0.3, -0.25) is 0 Å². The summed E-state index contributed by atoms with van der Waals surface area (Å²) in [4.78, 5) is 0. The van der Waals surface area contributed by atoms with Crippen LogP contribution in [0.25, 0.3) is 0 Å². The van der Waals surface area contributed by atoms with Crippen LogP contribution in [0, 0.1) is 17.3 Å². The van der Waals surface area contributed by atoms with E-state index in [0.717, 1.165) is 18.4 Å². The van der Waals surface area contributed by atoms with E-state index >= 15 is 0 Å². The molecule has 0 aromatic carbocycles. The lowest BCUT2D eigenvalue weighted by Crippen LogP contribution is -2.51. The van der Waals surface area contributed by atoms with E-state index < -0.39 is 0 Å². The molecule has 1 heteroatoms. The number of fused-ring (bicyclic) bond motifs is 1. The van der Waals surface area contributed by atoms with Gasteiger partial charge < -0.3 is 5.73 Å². The average Bonchev–Trinajstić information content (AvgIpc) is 2.32. The molecule has 2 saturated carbocycles. The van der Waals surface area contributed by atoms with Crippen LogP contribution >= 0.6 is 0 Å². The molecule has 0 aliphatic heterocycles. The monoisotopic (exact) mass is 181 g/mol. The smallest absolute Gasteiger partial charge is 0.00178 e. The van der Waals surface area contributed by atoms with Crippen LogP contribution in [0.2, 0.25) is 0 Å². The second-order valence-corrected chi connectivity index (χ2v) is 5.13. The lowest BCUT2D eigenvalue weighted by molar-refractivity contribution is -0.0436. The van der Waals surface area contributed by atoms with Crippen molar-refractivity contribution < 1.29 is 0 Å². The van der Waals surface area contributed by atoms with E-state index in [1.807, 2.05) is 0 Å². The van der Waals surface area contributed by atoms with Crippen molar-refractivity contribution in [1.82, 2.24) is 0 Å². The SMILES string of the molecule is CC[C@]1(CN)C[C@@H]2CCCCC[C@@H]21. The fourth-order valence-corrected chi connectivity index (χ4v) is 3.73. The fraction of sp³-hybridized carbons (Fsp3) is 1.00. The molecule has 0 heterocycles. The molecule has 2 aliphatic rings. The van der Waals surface area contributed by atoms with E-state index in [9.17, 15) is 0 Å². The van der Waals surface area contributed by atoms with Crippen molar-refractivity contribution >= 4 is 0 Å². The quantitative estimate of drug-likeness (QED) is 0.696. The molecule has 0 aromatic rings. The summed E-state index contributed by atoms with van der Waals surface area (Å²) in [5.41, 5.74) is 6.50. The molecule has 13 heavy (non-hydrogen) atoms. The van der Waals surface area contributed by atoms with Crippen molar-refractivity contribution in [1.29, 1.82) is 0 Å². The van der Waals surface area contributed by atoms with E-state index in [4.69, 9.17) is 5.73 Å². The number of hydrogen-bond donors (Lipinski definition) is 1. The van der Waals surface area contributed by atoms with Gasteiger partial charge in [-0.1, -0.05) is 32.6 Å². The topological polar surface area (TPSA) is 26.0 Å². The van der Waals surface area contributed by atoms with Crippen LogP contribution < -0.4 is 5.73 Å². The molecule has 0 saturated heterocycles. The summed E-state index contributed by atoms with van der Waals surface area (Å²) < 4.78 is 0. The predicted octanol–water partition coefficient (Wildman–Crippen LogP) is 2.94. The Balaban J connectivity index is 2.03. The summed E-state index contributed by atoms with van der Waals surface area (Å²) in [6, 6.07) is 0. The molecule has 76 valence electrons.